The van der Waals surface area contributed by atoms with E-state index in [0.29, 0.717) is 0 Å². The zero-order valence-corrected chi connectivity index (χ0v) is 17.3. The summed E-state index contributed by atoms with van der Waals surface area (Å²) in [6, 6.07) is 2.04. The third-order valence-corrected chi connectivity index (χ3v) is 7.65. The minimum Gasteiger partial charge on any atom is -0.481 e. The molecule has 22 heavy (non-hydrogen) atoms. The Kier molecular flexibility index (Phi) is 5.89. The van der Waals surface area contributed by atoms with Crippen molar-refractivity contribution < 1.29 is 9.90 Å². The topological polar surface area (TPSA) is 49.7 Å². The van der Waals surface area contributed by atoms with Crippen molar-refractivity contribution in [2.24, 2.45) is 4.99 Å². The highest BCUT2D eigenvalue weighted by Gasteiger charge is 2.39. The number of aliphatic carboxylic acids is 1. The number of carboxylic acid groups (broad SMARTS) is 1. The molecule has 1 aromatic rings. The third kappa shape index (κ3) is 3.49. The normalized spacial score (nSPS) is 20.0. The van der Waals surface area contributed by atoms with Crippen molar-refractivity contribution in [2.45, 2.75) is 51.4 Å². The zero-order chi connectivity index (χ0) is 16.5. The van der Waals surface area contributed by atoms with Crippen LogP contribution < -0.4 is 0 Å². The van der Waals surface area contributed by atoms with Gasteiger partial charge in [-0.15, -0.1) is 0 Å². The molecule has 1 N–H and O–H groups in total. The highest BCUT2D eigenvalue weighted by Crippen LogP contribution is 2.51. The average Bonchev–Trinajstić information content (AvgIpc) is 2.67. The van der Waals surface area contributed by atoms with E-state index in [9.17, 15) is 4.79 Å². The van der Waals surface area contributed by atoms with Gasteiger partial charge < -0.3 is 5.11 Å². The van der Waals surface area contributed by atoms with Crippen LogP contribution >= 0.6 is 47.8 Å². The van der Waals surface area contributed by atoms with Gasteiger partial charge in [0.25, 0.3) is 0 Å². The van der Waals surface area contributed by atoms with Crippen molar-refractivity contribution in [1.82, 2.24) is 0 Å². The molecular formula is C16H18Br3NO2. The zero-order valence-electron chi connectivity index (χ0n) is 12.5. The number of hydrogen-bond acceptors (Lipinski definition) is 2. The largest absolute Gasteiger partial charge is 0.481 e. The standard InChI is InChI=1S/C16H18Br3NO2/c1-9-16(2,7-5-3-4-6-12(21)22)13-11(20-9)8-10(17)14(18)15(13)19/h8H,3-7H2,1-2H3,(H,21,22). The quantitative estimate of drug-likeness (QED) is 0.368. The SMILES string of the molecule is CC1=Nc2cc(Br)c(Br)c(Br)c2C1(C)CCCCCC(=O)O. The molecule has 0 bridgehead atoms. The number of carboxylic acids is 1. The highest BCUT2D eigenvalue weighted by atomic mass is 79.9. The Balaban J connectivity index is 2.17. The monoisotopic (exact) mass is 493 g/mol. The second-order valence-electron chi connectivity index (χ2n) is 5.86. The number of halogens is 3. The predicted octanol–water partition coefficient (Wildman–Crippen LogP) is 6.37. The number of carbonyl (C=O) groups is 1. The Morgan fingerprint density at radius 2 is 1.91 bits per heavy atom. The van der Waals surface area contributed by atoms with E-state index in [1.54, 1.807) is 0 Å². The maximum Gasteiger partial charge on any atom is 0.303 e. The molecule has 120 valence electrons. The molecule has 0 aromatic heterocycles. The molecule has 6 heteroatoms. The predicted molar refractivity (Wildman–Crippen MR) is 100 cm³/mol. The van der Waals surface area contributed by atoms with Crippen LogP contribution in [0.4, 0.5) is 5.69 Å². The van der Waals surface area contributed by atoms with E-state index in [4.69, 9.17) is 10.1 Å². The molecule has 1 atom stereocenters. The fraction of sp³-hybridized carbons (Fsp3) is 0.500. The molecule has 0 fully saturated rings. The van der Waals surface area contributed by atoms with Crippen LogP contribution in [-0.2, 0) is 10.2 Å². The summed E-state index contributed by atoms with van der Waals surface area (Å²) in [5.74, 6) is -0.716. The molecule has 1 heterocycles. The van der Waals surface area contributed by atoms with Crippen LogP contribution in [0.3, 0.4) is 0 Å². The molecule has 2 rings (SSSR count). The van der Waals surface area contributed by atoms with Crippen molar-refractivity contribution in [3.8, 4) is 0 Å². The molecule has 0 saturated carbocycles. The maximum absolute atomic E-state index is 10.6. The first kappa shape index (κ1) is 18.1. The van der Waals surface area contributed by atoms with Crippen LogP contribution in [0.2, 0.25) is 0 Å². The second kappa shape index (κ2) is 7.14. The summed E-state index contributed by atoms with van der Waals surface area (Å²) >= 11 is 10.8. The maximum atomic E-state index is 10.6. The van der Waals surface area contributed by atoms with Crippen LogP contribution in [0.1, 0.15) is 51.5 Å². The van der Waals surface area contributed by atoms with Crippen LogP contribution in [0.5, 0.6) is 0 Å². The van der Waals surface area contributed by atoms with Crippen LogP contribution in [0.25, 0.3) is 0 Å². The van der Waals surface area contributed by atoms with Gasteiger partial charge in [-0.2, -0.15) is 0 Å². The van der Waals surface area contributed by atoms with Crippen molar-refractivity contribution in [2.75, 3.05) is 0 Å². The summed E-state index contributed by atoms with van der Waals surface area (Å²) in [7, 11) is 0. The first-order valence-electron chi connectivity index (χ1n) is 7.23. The van der Waals surface area contributed by atoms with Crippen molar-refractivity contribution >= 4 is 65.2 Å². The first-order chi connectivity index (χ1) is 10.3. The molecule has 1 unspecified atom stereocenters. The lowest BCUT2D eigenvalue weighted by Crippen LogP contribution is -2.28. The Morgan fingerprint density at radius 3 is 2.55 bits per heavy atom. The van der Waals surface area contributed by atoms with E-state index >= 15 is 0 Å². The fourth-order valence-electron chi connectivity index (χ4n) is 2.92. The number of aliphatic imine (C=N–C) groups is 1. The summed E-state index contributed by atoms with van der Waals surface area (Å²) in [6.07, 6.45) is 3.89. The van der Waals surface area contributed by atoms with Gasteiger partial charge in [0.15, 0.2) is 0 Å². The number of nitrogens with zero attached hydrogens (tertiary/aromatic N) is 1. The summed E-state index contributed by atoms with van der Waals surface area (Å²) < 4.78 is 3.04. The van der Waals surface area contributed by atoms with Crippen LogP contribution in [0.15, 0.2) is 24.5 Å². The Morgan fingerprint density at radius 1 is 1.23 bits per heavy atom. The smallest absolute Gasteiger partial charge is 0.303 e. The van der Waals surface area contributed by atoms with Gasteiger partial charge in [-0.05, 0) is 73.6 Å². The Bertz CT molecular complexity index is 643. The fourth-order valence-corrected chi connectivity index (χ4v) is 4.77. The molecule has 1 aromatic carbocycles. The van der Waals surface area contributed by atoms with Crippen LogP contribution in [-0.4, -0.2) is 16.8 Å². The number of hydrogen-bond donors (Lipinski definition) is 1. The first-order valence-corrected chi connectivity index (χ1v) is 9.61. The Hall–Kier alpha value is -0.200. The molecule has 0 spiro atoms. The molecule has 3 nitrogen and oxygen atoms in total. The molecule has 0 saturated heterocycles. The van der Waals surface area contributed by atoms with Gasteiger partial charge in [0.2, 0.25) is 0 Å². The summed E-state index contributed by atoms with van der Waals surface area (Å²) in [5, 5.41) is 8.71. The summed E-state index contributed by atoms with van der Waals surface area (Å²) in [5.41, 5.74) is 3.25. The van der Waals surface area contributed by atoms with Gasteiger partial charge in [-0.3, -0.25) is 9.79 Å². The lowest BCUT2D eigenvalue weighted by atomic mass is 9.76. The minimum absolute atomic E-state index is 0.0966. The summed E-state index contributed by atoms with van der Waals surface area (Å²) in [4.78, 5) is 15.3. The number of rotatable bonds is 6. The highest BCUT2D eigenvalue weighted by molar-refractivity contribution is 9.14. The van der Waals surface area contributed by atoms with Gasteiger partial charge in [-0.1, -0.05) is 19.8 Å². The number of benzene rings is 1. The molecule has 0 amide bonds. The third-order valence-electron chi connectivity index (χ3n) is 4.35. The molecule has 1 aliphatic heterocycles. The van der Waals surface area contributed by atoms with Gasteiger partial charge in [0.05, 0.1) is 5.69 Å². The van der Waals surface area contributed by atoms with Gasteiger partial charge in [0, 0.05) is 36.5 Å². The number of fused-ring (bicyclic) bond motifs is 1. The van der Waals surface area contributed by atoms with Gasteiger partial charge in [-0.25, -0.2) is 0 Å². The van der Waals surface area contributed by atoms with E-state index in [-0.39, 0.29) is 11.8 Å². The minimum atomic E-state index is -0.716. The Labute approximate surface area is 156 Å². The van der Waals surface area contributed by atoms with Crippen molar-refractivity contribution in [3.63, 3.8) is 0 Å². The second-order valence-corrected chi connectivity index (χ2v) is 8.30. The van der Waals surface area contributed by atoms with Crippen molar-refractivity contribution in [3.05, 3.63) is 25.0 Å². The number of unbranched alkanes of at least 4 members (excludes halogenated alkanes) is 2. The molecule has 1 aliphatic rings. The lowest BCUT2D eigenvalue weighted by Gasteiger charge is -2.28. The van der Waals surface area contributed by atoms with E-state index in [2.05, 4.69) is 61.6 Å². The molecular weight excluding hydrogens is 478 g/mol. The van der Waals surface area contributed by atoms with Crippen molar-refractivity contribution in [1.29, 1.82) is 0 Å². The van der Waals surface area contributed by atoms with E-state index in [1.807, 2.05) is 6.07 Å². The average molecular weight is 496 g/mol. The molecule has 0 aliphatic carbocycles. The van der Waals surface area contributed by atoms with E-state index in [1.165, 1.54) is 5.56 Å². The van der Waals surface area contributed by atoms with E-state index in [0.717, 1.165) is 50.5 Å². The van der Waals surface area contributed by atoms with Gasteiger partial charge in [0.1, 0.15) is 0 Å². The van der Waals surface area contributed by atoms with E-state index < -0.39 is 5.97 Å². The molecule has 0 radical (unpaired) electrons. The van der Waals surface area contributed by atoms with Crippen LogP contribution in [0, 0.1) is 0 Å². The lowest BCUT2D eigenvalue weighted by molar-refractivity contribution is -0.137. The van der Waals surface area contributed by atoms with Gasteiger partial charge >= 0.3 is 5.97 Å². The summed E-state index contributed by atoms with van der Waals surface area (Å²) in [6.45, 7) is 4.30.